The van der Waals surface area contributed by atoms with Crippen molar-refractivity contribution in [2.24, 2.45) is 0 Å². The highest BCUT2D eigenvalue weighted by Gasteiger charge is 2.08. The Balaban J connectivity index is 3.06. The number of hydrogen-bond donors (Lipinski definition) is 3. The molecule has 0 aliphatic heterocycles. The molecule has 0 heterocycles. The van der Waals surface area contributed by atoms with Crippen LogP contribution in [0.5, 0.6) is 11.5 Å². The van der Waals surface area contributed by atoms with Crippen LogP contribution in [0.3, 0.4) is 0 Å². The van der Waals surface area contributed by atoms with Crippen LogP contribution in [-0.2, 0) is 11.2 Å². The largest absolute Gasteiger partial charge is 0.504 e. The van der Waals surface area contributed by atoms with E-state index in [1.165, 1.54) is 12.1 Å². The Morgan fingerprint density at radius 1 is 1.38 bits per heavy atom. The maximum absolute atomic E-state index is 10.3. The van der Waals surface area contributed by atoms with E-state index in [9.17, 15) is 4.79 Å². The molecule has 0 aliphatic rings. The average molecular weight is 294 g/mol. The van der Waals surface area contributed by atoms with Crippen LogP contribution in [0.15, 0.2) is 12.1 Å². The van der Waals surface area contributed by atoms with Crippen LogP contribution < -0.4 is 0 Å². The SMILES string of the molecule is O=C(O)Cc1cc(O)c(O)c(I)c1. The fourth-order valence-corrected chi connectivity index (χ4v) is 1.59. The van der Waals surface area contributed by atoms with Crippen LogP contribution in [0.2, 0.25) is 0 Å². The Morgan fingerprint density at radius 3 is 2.46 bits per heavy atom. The van der Waals surface area contributed by atoms with Gasteiger partial charge in [0.25, 0.3) is 0 Å². The van der Waals surface area contributed by atoms with Crippen LogP contribution in [-0.4, -0.2) is 21.3 Å². The summed E-state index contributed by atoms with van der Waals surface area (Å²) in [6.07, 6.45) is -0.163. The standard InChI is InChI=1S/C8H7IO4/c9-5-1-4(3-7(11)12)2-6(10)8(5)13/h1-2,10,13H,3H2,(H,11,12). The summed E-state index contributed by atoms with van der Waals surface area (Å²) >= 11 is 1.82. The van der Waals surface area contributed by atoms with Crippen LogP contribution in [0, 0.1) is 3.57 Å². The summed E-state index contributed by atoms with van der Waals surface area (Å²) in [6.45, 7) is 0. The molecule has 0 spiro atoms. The molecule has 1 aromatic rings. The van der Waals surface area contributed by atoms with Crippen molar-refractivity contribution in [1.29, 1.82) is 0 Å². The molecule has 0 bridgehead atoms. The summed E-state index contributed by atoms with van der Waals surface area (Å²) < 4.78 is 0.439. The maximum Gasteiger partial charge on any atom is 0.307 e. The van der Waals surface area contributed by atoms with E-state index in [-0.39, 0.29) is 17.9 Å². The zero-order valence-corrected chi connectivity index (χ0v) is 8.65. The van der Waals surface area contributed by atoms with Gasteiger partial charge in [0.05, 0.1) is 9.99 Å². The van der Waals surface area contributed by atoms with Crippen molar-refractivity contribution in [2.75, 3.05) is 0 Å². The minimum absolute atomic E-state index is 0.163. The van der Waals surface area contributed by atoms with E-state index in [1.54, 1.807) is 0 Å². The van der Waals surface area contributed by atoms with E-state index in [0.29, 0.717) is 9.13 Å². The van der Waals surface area contributed by atoms with E-state index in [4.69, 9.17) is 15.3 Å². The summed E-state index contributed by atoms with van der Waals surface area (Å²) in [5.41, 5.74) is 0.465. The molecule has 0 amide bonds. The van der Waals surface area contributed by atoms with E-state index >= 15 is 0 Å². The van der Waals surface area contributed by atoms with Crippen molar-refractivity contribution in [3.8, 4) is 11.5 Å². The fraction of sp³-hybridized carbons (Fsp3) is 0.125. The third kappa shape index (κ3) is 2.48. The number of hydrogen-bond acceptors (Lipinski definition) is 3. The summed E-state index contributed by atoms with van der Waals surface area (Å²) in [5, 5.41) is 26.8. The number of benzene rings is 1. The highest BCUT2D eigenvalue weighted by Crippen LogP contribution is 2.31. The summed E-state index contributed by atoms with van der Waals surface area (Å²) in [4.78, 5) is 10.3. The second kappa shape index (κ2) is 3.82. The van der Waals surface area contributed by atoms with Gasteiger partial charge < -0.3 is 15.3 Å². The summed E-state index contributed by atoms with van der Waals surface area (Å²) in [6, 6.07) is 2.76. The average Bonchev–Trinajstić information content (AvgIpc) is 1.98. The quantitative estimate of drug-likeness (QED) is 0.568. The lowest BCUT2D eigenvalue weighted by molar-refractivity contribution is -0.136. The fourth-order valence-electron chi connectivity index (χ4n) is 0.916. The zero-order chi connectivity index (χ0) is 10.0. The van der Waals surface area contributed by atoms with E-state index < -0.39 is 5.97 Å². The minimum Gasteiger partial charge on any atom is -0.504 e. The first-order chi connectivity index (χ1) is 6.00. The number of carboxylic acids is 1. The van der Waals surface area contributed by atoms with Gasteiger partial charge in [-0.2, -0.15) is 0 Å². The third-order valence-electron chi connectivity index (χ3n) is 1.46. The van der Waals surface area contributed by atoms with Crippen molar-refractivity contribution < 1.29 is 20.1 Å². The molecule has 0 aliphatic carbocycles. The van der Waals surface area contributed by atoms with Gasteiger partial charge in [-0.1, -0.05) is 0 Å². The van der Waals surface area contributed by atoms with E-state index in [1.807, 2.05) is 22.6 Å². The van der Waals surface area contributed by atoms with Gasteiger partial charge in [-0.3, -0.25) is 4.79 Å². The molecule has 0 fully saturated rings. The molecule has 0 atom stereocenters. The Kier molecular flexibility index (Phi) is 2.97. The minimum atomic E-state index is -0.971. The lowest BCUT2D eigenvalue weighted by atomic mass is 10.1. The van der Waals surface area contributed by atoms with E-state index in [2.05, 4.69) is 0 Å². The normalized spacial score (nSPS) is 9.92. The predicted octanol–water partition coefficient (Wildman–Crippen LogP) is 1.33. The van der Waals surface area contributed by atoms with Gasteiger partial charge in [0, 0.05) is 0 Å². The Morgan fingerprint density at radius 2 is 2.00 bits per heavy atom. The number of phenols is 2. The van der Waals surface area contributed by atoms with E-state index in [0.717, 1.165) is 0 Å². The van der Waals surface area contributed by atoms with Crippen molar-refractivity contribution >= 4 is 28.6 Å². The van der Waals surface area contributed by atoms with Crippen molar-refractivity contribution in [2.45, 2.75) is 6.42 Å². The number of phenolic OH excluding ortho intramolecular Hbond substituents is 2. The smallest absolute Gasteiger partial charge is 0.307 e. The lowest BCUT2D eigenvalue weighted by Gasteiger charge is -2.03. The molecule has 1 rings (SSSR count). The number of rotatable bonds is 2. The second-order valence-corrected chi connectivity index (χ2v) is 3.68. The zero-order valence-electron chi connectivity index (χ0n) is 6.49. The number of aromatic hydroxyl groups is 2. The van der Waals surface area contributed by atoms with Gasteiger partial charge >= 0.3 is 5.97 Å². The topological polar surface area (TPSA) is 77.8 Å². The van der Waals surface area contributed by atoms with Gasteiger partial charge in [0.2, 0.25) is 0 Å². The monoisotopic (exact) mass is 294 g/mol. The maximum atomic E-state index is 10.3. The van der Waals surface area contributed by atoms with Gasteiger partial charge in [0.1, 0.15) is 0 Å². The Hall–Kier alpha value is -0.980. The first-order valence-electron chi connectivity index (χ1n) is 3.43. The molecule has 70 valence electrons. The van der Waals surface area contributed by atoms with Crippen molar-refractivity contribution in [1.82, 2.24) is 0 Å². The molecule has 0 radical (unpaired) electrons. The molecule has 0 saturated heterocycles. The second-order valence-electron chi connectivity index (χ2n) is 2.52. The molecule has 13 heavy (non-hydrogen) atoms. The first-order valence-corrected chi connectivity index (χ1v) is 4.50. The molecular formula is C8H7IO4. The van der Waals surface area contributed by atoms with Crippen LogP contribution in [0.25, 0.3) is 0 Å². The molecular weight excluding hydrogens is 287 g/mol. The number of aliphatic carboxylic acids is 1. The number of carboxylic acid groups (broad SMARTS) is 1. The van der Waals surface area contributed by atoms with Crippen LogP contribution >= 0.6 is 22.6 Å². The molecule has 5 heteroatoms. The number of carbonyl (C=O) groups is 1. The molecule has 1 aromatic carbocycles. The molecule has 4 nitrogen and oxygen atoms in total. The summed E-state index contributed by atoms with van der Waals surface area (Å²) in [7, 11) is 0. The Bertz CT molecular complexity index is 325. The van der Waals surface area contributed by atoms with Crippen molar-refractivity contribution in [3.63, 3.8) is 0 Å². The molecule has 3 N–H and O–H groups in total. The van der Waals surface area contributed by atoms with Gasteiger partial charge in [-0.05, 0) is 40.3 Å². The van der Waals surface area contributed by atoms with Crippen LogP contribution in [0.4, 0.5) is 0 Å². The van der Waals surface area contributed by atoms with Gasteiger partial charge in [-0.25, -0.2) is 0 Å². The van der Waals surface area contributed by atoms with Crippen molar-refractivity contribution in [3.05, 3.63) is 21.3 Å². The highest BCUT2D eigenvalue weighted by atomic mass is 127. The molecule has 0 saturated carbocycles. The lowest BCUT2D eigenvalue weighted by Crippen LogP contribution is -2.00. The molecule has 0 unspecified atom stereocenters. The summed E-state index contributed by atoms with van der Waals surface area (Å²) in [5.74, 6) is -1.47. The molecule has 0 aromatic heterocycles. The first kappa shape index (κ1) is 10.1. The predicted molar refractivity (Wildman–Crippen MR) is 53.8 cm³/mol. The van der Waals surface area contributed by atoms with Gasteiger partial charge in [-0.15, -0.1) is 0 Å². The van der Waals surface area contributed by atoms with Crippen LogP contribution in [0.1, 0.15) is 5.56 Å². The number of halogens is 1. The third-order valence-corrected chi connectivity index (χ3v) is 2.28. The van der Waals surface area contributed by atoms with Gasteiger partial charge in [0.15, 0.2) is 11.5 Å². The highest BCUT2D eigenvalue weighted by molar-refractivity contribution is 14.1. The Labute approximate surface area is 88.0 Å².